The normalized spacial score (nSPS) is 50.4. The molecule has 6 aliphatic carbocycles. The first-order valence-corrected chi connectivity index (χ1v) is 10.8. The van der Waals surface area contributed by atoms with Gasteiger partial charge in [0, 0.05) is 0 Å². The Bertz CT molecular complexity index is 476. The second kappa shape index (κ2) is 5.40. The third kappa shape index (κ3) is 2.11. The van der Waals surface area contributed by atoms with Gasteiger partial charge in [-0.05, 0) is 59.2 Å². The summed E-state index contributed by atoms with van der Waals surface area (Å²) in [6.45, 7) is 20.4. The minimum Gasteiger partial charge on any atom is -0.104 e. The van der Waals surface area contributed by atoms with Crippen molar-refractivity contribution in [3.05, 3.63) is 12.7 Å². The lowest BCUT2D eigenvalue weighted by Crippen LogP contribution is -2.59. The van der Waals surface area contributed by atoms with E-state index in [1.807, 2.05) is 0 Å². The molecule has 6 fully saturated rings. The first-order valence-electron chi connectivity index (χ1n) is 10.8. The molecule has 0 nitrogen and oxygen atoms in total. The van der Waals surface area contributed by atoms with Gasteiger partial charge in [0.25, 0.3) is 0 Å². The van der Waals surface area contributed by atoms with Crippen LogP contribution in [0, 0.1) is 46.3 Å². The molecule has 0 spiro atoms. The topological polar surface area (TPSA) is 0 Å². The van der Waals surface area contributed by atoms with Crippen LogP contribution in [0.3, 0.4) is 0 Å². The molecule has 6 rings (SSSR count). The van der Waals surface area contributed by atoms with Gasteiger partial charge in [0.05, 0.1) is 0 Å². The molecule has 6 aliphatic rings. The van der Waals surface area contributed by atoms with E-state index in [0.717, 1.165) is 53.9 Å². The maximum absolute atomic E-state index is 4.16. The Morgan fingerprint density at radius 2 is 1.25 bits per heavy atom. The van der Waals surface area contributed by atoms with E-state index in [-0.39, 0.29) is 0 Å². The fraction of sp³-hybridized carbons (Fsp3) is 0.913. The molecule has 0 aromatic heterocycles. The molecular weight excluding hydrogens is 287 g/mol. The standard InChI is InChI=1S/C23H39B/c1-8-9-24(20-12-16-10-18(14(20)2)22(16,4)5)21-13-17-11-19(15(21)3)23(17,6)7/h8,14-21H,1,9-13H2,2-7H3/t14-,15-,16+,17+,18+,19+,20+,21+/m0/s1. The lowest BCUT2D eigenvalue weighted by Gasteiger charge is -2.66. The number of rotatable bonds is 4. The van der Waals surface area contributed by atoms with Crippen molar-refractivity contribution >= 4 is 6.71 Å². The third-order valence-corrected chi connectivity index (χ3v) is 10.4. The van der Waals surface area contributed by atoms with E-state index < -0.39 is 0 Å². The molecule has 24 heavy (non-hydrogen) atoms. The second-order valence-electron chi connectivity index (χ2n) is 11.4. The summed E-state index contributed by atoms with van der Waals surface area (Å²) in [5.41, 5.74) is 1.24. The molecule has 0 aromatic rings. The Labute approximate surface area is 151 Å². The molecular formula is C23H39B. The highest BCUT2D eigenvalue weighted by atomic mass is 14.6. The lowest BCUT2D eigenvalue weighted by atomic mass is 9.20. The Morgan fingerprint density at radius 3 is 1.54 bits per heavy atom. The van der Waals surface area contributed by atoms with E-state index in [1.165, 1.54) is 32.0 Å². The van der Waals surface area contributed by atoms with Crippen molar-refractivity contribution in [1.82, 2.24) is 0 Å². The van der Waals surface area contributed by atoms with Crippen molar-refractivity contribution in [2.75, 3.05) is 0 Å². The van der Waals surface area contributed by atoms with Gasteiger partial charge in [0.2, 0.25) is 0 Å². The zero-order valence-electron chi connectivity index (χ0n) is 17.0. The van der Waals surface area contributed by atoms with Crippen LogP contribution in [0.15, 0.2) is 12.7 Å². The van der Waals surface area contributed by atoms with Crippen molar-refractivity contribution in [3.8, 4) is 0 Å². The van der Waals surface area contributed by atoms with E-state index in [9.17, 15) is 0 Å². The Morgan fingerprint density at radius 1 is 0.833 bits per heavy atom. The van der Waals surface area contributed by atoms with Gasteiger partial charge in [-0.15, -0.1) is 6.58 Å². The molecule has 8 atom stereocenters. The predicted octanol–water partition coefficient (Wildman–Crippen LogP) is 6.81. The van der Waals surface area contributed by atoms with E-state index in [4.69, 9.17) is 0 Å². The zero-order chi connectivity index (χ0) is 17.4. The van der Waals surface area contributed by atoms with Crippen LogP contribution < -0.4 is 0 Å². The first kappa shape index (κ1) is 17.2. The Balaban J connectivity index is 1.55. The van der Waals surface area contributed by atoms with Crippen LogP contribution in [0.4, 0.5) is 0 Å². The molecule has 0 amide bonds. The van der Waals surface area contributed by atoms with Crippen LogP contribution in [-0.2, 0) is 0 Å². The molecule has 0 saturated heterocycles. The zero-order valence-corrected chi connectivity index (χ0v) is 17.0. The van der Waals surface area contributed by atoms with E-state index >= 15 is 0 Å². The molecule has 6 saturated carbocycles. The average molecular weight is 326 g/mol. The maximum atomic E-state index is 4.16. The first-order chi connectivity index (χ1) is 11.2. The van der Waals surface area contributed by atoms with E-state index in [2.05, 4.69) is 54.2 Å². The van der Waals surface area contributed by atoms with Crippen molar-refractivity contribution in [2.45, 2.75) is 85.2 Å². The largest absolute Gasteiger partial charge is 0.150 e. The third-order valence-electron chi connectivity index (χ3n) is 10.4. The molecule has 0 radical (unpaired) electrons. The van der Waals surface area contributed by atoms with Crippen LogP contribution >= 0.6 is 0 Å². The number of fused-ring (bicyclic) bond motifs is 4. The fourth-order valence-corrected chi connectivity index (χ4v) is 8.37. The summed E-state index contributed by atoms with van der Waals surface area (Å²) in [5, 5.41) is 0. The molecule has 0 N–H and O–H groups in total. The van der Waals surface area contributed by atoms with Crippen LogP contribution in [0.2, 0.25) is 18.0 Å². The minimum atomic E-state index is 0.622. The lowest BCUT2D eigenvalue weighted by molar-refractivity contribution is -0.107. The monoisotopic (exact) mass is 326 g/mol. The SMILES string of the molecule is C=CCB([C@@H]1C[C@H]2C[C@H]([C@@H]1C)C2(C)C)[C@@H]1C[C@H]2C[C@H]([C@@H]1C)C2(C)C. The molecule has 134 valence electrons. The summed E-state index contributed by atoms with van der Waals surface area (Å²) >= 11 is 0. The van der Waals surface area contributed by atoms with Crippen LogP contribution in [0.1, 0.15) is 67.2 Å². The van der Waals surface area contributed by atoms with Gasteiger partial charge < -0.3 is 0 Å². The van der Waals surface area contributed by atoms with Crippen LogP contribution in [0.25, 0.3) is 0 Å². The average Bonchev–Trinajstić information content (AvgIpc) is 2.52. The Kier molecular flexibility index (Phi) is 3.88. The maximum Gasteiger partial charge on any atom is 0.150 e. The van der Waals surface area contributed by atoms with Gasteiger partial charge in [-0.1, -0.05) is 78.4 Å². The van der Waals surface area contributed by atoms with Crippen molar-refractivity contribution in [1.29, 1.82) is 0 Å². The molecule has 4 bridgehead atoms. The van der Waals surface area contributed by atoms with Crippen LogP contribution in [-0.4, -0.2) is 6.71 Å². The summed E-state index contributed by atoms with van der Waals surface area (Å²) in [5.74, 6) is 7.75. The Hall–Kier alpha value is -0.195. The molecule has 0 aromatic carbocycles. The highest BCUT2D eigenvalue weighted by Crippen LogP contribution is 2.69. The quantitative estimate of drug-likeness (QED) is 0.393. The van der Waals surface area contributed by atoms with Gasteiger partial charge in [-0.2, -0.15) is 0 Å². The summed E-state index contributed by atoms with van der Waals surface area (Å²) in [6, 6.07) is 0. The van der Waals surface area contributed by atoms with E-state index in [1.54, 1.807) is 0 Å². The molecule has 1 heteroatoms. The number of hydrogen-bond acceptors (Lipinski definition) is 0. The smallest absolute Gasteiger partial charge is 0.104 e. The van der Waals surface area contributed by atoms with Gasteiger partial charge in [0.15, 0.2) is 6.71 Å². The van der Waals surface area contributed by atoms with Crippen molar-refractivity contribution in [3.63, 3.8) is 0 Å². The highest BCUT2D eigenvalue weighted by Gasteiger charge is 2.61. The van der Waals surface area contributed by atoms with Gasteiger partial charge >= 0.3 is 0 Å². The van der Waals surface area contributed by atoms with Crippen LogP contribution in [0.5, 0.6) is 0 Å². The van der Waals surface area contributed by atoms with Gasteiger partial charge in [0.1, 0.15) is 0 Å². The van der Waals surface area contributed by atoms with Gasteiger partial charge in [-0.25, -0.2) is 0 Å². The summed E-state index contributed by atoms with van der Waals surface area (Å²) in [6.07, 6.45) is 9.56. The van der Waals surface area contributed by atoms with Crippen molar-refractivity contribution in [2.24, 2.45) is 46.3 Å². The number of hydrogen-bond donors (Lipinski definition) is 0. The van der Waals surface area contributed by atoms with Gasteiger partial charge in [-0.3, -0.25) is 0 Å². The molecule has 0 unspecified atom stereocenters. The number of allylic oxidation sites excluding steroid dienone is 1. The predicted molar refractivity (Wildman–Crippen MR) is 107 cm³/mol. The second-order valence-corrected chi connectivity index (χ2v) is 11.4. The molecule has 0 heterocycles. The summed E-state index contributed by atoms with van der Waals surface area (Å²) in [4.78, 5) is 0. The minimum absolute atomic E-state index is 0.622. The van der Waals surface area contributed by atoms with E-state index in [0.29, 0.717) is 10.8 Å². The molecule has 0 aliphatic heterocycles. The van der Waals surface area contributed by atoms with Crippen molar-refractivity contribution < 1.29 is 0 Å². The highest BCUT2D eigenvalue weighted by molar-refractivity contribution is 6.62. The summed E-state index contributed by atoms with van der Waals surface area (Å²) < 4.78 is 0. The summed E-state index contributed by atoms with van der Waals surface area (Å²) in [7, 11) is 0. The fourth-order valence-electron chi connectivity index (χ4n) is 8.37.